The zero-order valence-electron chi connectivity index (χ0n) is 29.1. The third kappa shape index (κ3) is 7.93. The highest BCUT2D eigenvalue weighted by atomic mass is 16.7. The number of carbonyl (C=O) groups is 1. The summed E-state index contributed by atoms with van der Waals surface area (Å²) in [6.45, 7) is 15.6. The molecule has 2 bridgehead atoms. The highest BCUT2D eigenvalue weighted by molar-refractivity contribution is 5.82. The van der Waals surface area contributed by atoms with E-state index in [1.165, 1.54) is 23.1 Å². The van der Waals surface area contributed by atoms with E-state index in [1.54, 1.807) is 7.11 Å². The second kappa shape index (κ2) is 14.5. The van der Waals surface area contributed by atoms with Crippen LogP contribution in [0.3, 0.4) is 0 Å². The number of nitrogens with one attached hydrogen (secondary N) is 1. The van der Waals surface area contributed by atoms with Gasteiger partial charge in [-0.05, 0) is 86.1 Å². The number of benzene rings is 2. The second-order valence-electron chi connectivity index (χ2n) is 15.4. The van der Waals surface area contributed by atoms with Crippen molar-refractivity contribution < 1.29 is 14.4 Å². The molecule has 1 unspecified atom stereocenters. The van der Waals surface area contributed by atoms with Gasteiger partial charge in [-0.1, -0.05) is 77.1 Å². The molecule has 7 nitrogen and oxygen atoms in total. The molecule has 1 N–H and O–H groups in total. The molecule has 45 heavy (non-hydrogen) atoms. The maximum Gasteiger partial charge on any atom is 0.240 e. The molecule has 1 amide bonds. The fourth-order valence-electron chi connectivity index (χ4n) is 8.46. The van der Waals surface area contributed by atoms with Crippen LogP contribution in [-0.2, 0) is 29.3 Å². The summed E-state index contributed by atoms with van der Waals surface area (Å²) in [5.41, 5.74) is 4.06. The van der Waals surface area contributed by atoms with Crippen molar-refractivity contribution in [1.82, 2.24) is 20.2 Å². The summed E-state index contributed by atoms with van der Waals surface area (Å²) in [4.78, 5) is 24.5. The van der Waals surface area contributed by atoms with E-state index in [9.17, 15) is 4.79 Å². The van der Waals surface area contributed by atoms with Crippen LogP contribution in [0.5, 0.6) is 5.75 Å². The summed E-state index contributed by atoms with van der Waals surface area (Å²) in [7, 11) is 6.08. The molecule has 1 aliphatic heterocycles. The average molecular weight is 619 g/mol. The quantitative estimate of drug-likeness (QED) is 0.266. The van der Waals surface area contributed by atoms with Crippen molar-refractivity contribution in [3.8, 4) is 5.75 Å². The molecule has 1 heterocycles. The summed E-state index contributed by atoms with van der Waals surface area (Å²) in [6, 6.07) is 17.6. The Kier molecular flexibility index (Phi) is 11.0. The molecule has 6 rings (SSSR count). The summed E-state index contributed by atoms with van der Waals surface area (Å²) in [5.74, 6) is 3.60. The molecular weight excluding hydrogens is 560 g/mol. The van der Waals surface area contributed by atoms with Gasteiger partial charge in [0.05, 0.1) is 13.7 Å². The van der Waals surface area contributed by atoms with Crippen molar-refractivity contribution in [3.05, 3.63) is 65.2 Å². The highest BCUT2D eigenvalue weighted by Crippen LogP contribution is 2.61. The van der Waals surface area contributed by atoms with Gasteiger partial charge in [0.15, 0.2) is 0 Å². The molecule has 1 saturated heterocycles. The van der Waals surface area contributed by atoms with Gasteiger partial charge in [0, 0.05) is 43.8 Å². The number of amides is 1. The van der Waals surface area contributed by atoms with Crippen molar-refractivity contribution in [1.29, 1.82) is 0 Å². The zero-order valence-corrected chi connectivity index (χ0v) is 29.1. The number of hydrogen-bond acceptors (Lipinski definition) is 6. The fourth-order valence-corrected chi connectivity index (χ4v) is 8.46. The monoisotopic (exact) mass is 618 g/mol. The van der Waals surface area contributed by atoms with Crippen LogP contribution in [0.15, 0.2) is 48.5 Å². The number of likely N-dealkylation sites (N-methyl/N-ethyl adjacent to an activating group) is 1. The van der Waals surface area contributed by atoms with Gasteiger partial charge in [-0.15, -0.1) is 0 Å². The lowest BCUT2D eigenvalue weighted by Gasteiger charge is -2.62. The van der Waals surface area contributed by atoms with E-state index in [-0.39, 0.29) is 18.0 Å². The molecule has 3 aliphatic carbocycles. The van der Waals surface area contributed by atoms with E-state index >= 15 is 0 Å². The average Bonchev–Trinajstić information content (AvgIpc) is 3.45. The molecule has 7 heteroatoms. The van der Waals surface area contributed by atoms with Crippen molar-refractivity contribution in [2.75, 3.05) is 34.4 Å². The van der Waals surface area contributed by atoms with Crippen LogP contribution in [0, 0.1) is 29.1 Å². The first-order valence-corrected chi connectivity index (χ1v) is 17.2. The molecule has 4 fully saturated rings. The predicted octanol–water partition coefficient (Wildman–Crippen LogP) is 6.37. The third-order valence-electron chi connectivity index (χ3n) is 11.1. The lowest BCUT2D eigenvalue weighted by atomic mass is 9.45. The van der Waals surface area contributed by atoms with E-state index in [0.717, 1.165) is 50.6 Å². The van der Waals surface area contributed by atoms with Crippen LogP contribution < -0.4 is 10.1 Å². The Morgan fingerprint density at radius 1 is 1.09 bits per heavy atom. The number of hydrogen-bond donors (Lipinski definition) is 1. The number of fused-ring (bicyclic) bond motifs is 2. The number of ether oxygens (including phenoxy) is 1. The Balaban J connectivity index is 1.28. The highest BCUT2D eigenvalue weighted by Gasteiger charge is 2.56. The Morgan fingerprint density at radius 2 is 1.84 bits per heavy atom. The summed E-state index contributed by atoms with van der Waals surface area (Å²) >= 11 is 0. The van der Waals surface area contributed by atoms with Gasteiger partial charge in [0.1, 0.15) is 11.8 Å². The normalized spacial score (nSPS) is 26.7. The molecule has 248 valence electrons. The minimum Gasteiger partial charge on any atom is -0.496 e. The summed E-state index contributed by atoms with van der Waals surface area (Å²) < 4.78 is 5.74. The van der Waals surface area contributed by atoms with Gasteiger partial charge in [-0.3, -0.25) is 14.5 Å². The van der Waals surface area contributed by atoms with Gasteiger partial charge >= 0.3 is 0 Å². The van der Waals surface area contributed by atoms with E-state index in [1.807, 2.05) is 11.1 Å². The standard InChI is InChI=1S/C38H58N4O3/c1-26(2)18-32(25-40(6)7)41(24-30-14-9-10-15-36(30)44-8)22-28-12-11-13-29(19-28)23-42-35(16-17-45-42)37(43)39-34-21-31-20-33(27(34)3)38(31,4)5/h9-15,19,26-27,31-35H,16-18,20-25H2,1-8H3,(H,39,43)/t27-,31+,32?,33-,34-,35-/m0/s1. The van der Waals surface area contributed by atoms with Crippen molar-refractivity contribution in [3.63, 3.8) is 0 Å². The van der Waals surface area contributed by atoms with Crippen molar-refractivity contribution in [2.24, 2.45) is 29.1 Å². The Hall–Kier alpha value is -2.45. The molecule has 6 atom stereocenters. The van der Waals surface area contributed by atoms with Gasteiger partial charge < -0.3 is 15.0 Å². The lowest BCUT2D eigenvalue weighted by molar-refractivity contribution is -0.161. The van der Waals surface area contributed by atoms with Crippen molar-refractivity contribution >= 4 is 5.91 Å². The number of carbonyl (C=O) groups excluding carboxylic acids is 1. The first kappa shape index (κ1) is 33.9. The molecule has 2 aromatic carbocycles. The number of hydroxylamine groups is 2. The lowest BCUT2D eigenvalue weighted by Crippen LogP contribution is -2.61. The van der Waals surface area contributed by atoms with Crippen LogP contribution in [0.4, 0.5) is 0 Å². The van der Waals surface area contributed by atoms with Crippen LogP contribution in [-0.4, -0.2) is 73.3 Å². The second-order valence-corrected chi connectivity index (χ2v) is 15.4. The summed E-state index contributed by atoms with van der Waals surface area (Å²) in [6.07, 6.45) is 4.27. The van der Waals surface area contributed by atoms with Crippen LogP contribution in [0.25, 0.3) is 0 Å². The molecule has 2 aromatic rings. The fraction of sp³-hybridized carbons (Fsp3) is 0.658. The largest absolute Gasteiger partial charge is 0.496 e. The van der Waals surface area contributed by atoms with Crippen LogP contribution in [0.1, 0.15) is 77.0 Å². The summed E-state index contributed by atoms with van der Waals surface area (Å²) in [5, 5.41) is 5.38. The maximum atomic E-state index is 13.6. The van der Waals surface area contributed by atoms with Gasteiger partial charge in [0.25, 0.3) is 0 Å². The molecule has 0 spiro atoms. The van der Waals surface area contributed by atoms with Crippen LogP contribution in [0.2, 0.25) is 0 Å². The zero-order chi connectivity index (χ0) is 32.3. The SMILES string of the molecule is COc1ccccc1CN(Cc1cccc(CN2OCC[C@H]2C(=O)N[C@H]2C[C@H]3C[C@@H]([C@@H]2C)C3(C)C)c1)C(CC(C)C)CN(C)C. The number of para-hydroxylation sites is 1. The van der Waals surface area contributed by atoms with E-state index in [0.29, 0.717) is 42.4 Å². The molecule has 0 aromatic heterocycles. The molecule has 0 radical (unpaired) electrons. The first-order valence-electron chi connectivity index (χ1n) is 17.2. The topological polar surface area (TPSA) is 57.3 Å². The van der Waals surface area contributed by atoms with Crippen LogP contribution >= 0.6 is 0 Å². The number of methoxy groups -OCH3 is 1. The van der Waals surface area contributed by atoms with E-state index in [2.05, 4.69) is 106 Å². The number of nitrogens with zero attached hydrogens (tertiary/aromatic N) is 3. The molecule has 4 aliphatic rings. The van der Waals surface area contributed by atoms with Gasteiger partial charge in [0.2, 0.25) is 5.91 Å². The molecular formula is C38H58N4O3. The Morgan fingerprint density at radius 3 is 2.53 bits per heavy atom. The maximum absolute atomic E-state index is 13.6. The van der Waals surface area contributed by atoms with Gasteiger partial charge in [-0.2, -0.15) is 5.06 Å². The van der Waals surface area contributed by atoms with E-state index < -0.39 is 0 Å². The minimum atomic E-state index is -0.246. The third-order valence-corrected chi connectivity index (χ3v) is 11.1. The smallest absolute Gasteiger partial charge is 0.240 e. The first-order chi connectivity index (χ1) is 21.5. The Labute approximate surface area is 272 Å². The minimum absolute atomic E-state index is 0.128. The van der Waals surface area contributed by atoms with Gasteiger partial charge in [-0.25, -0.2) is 0 Å². The number of rotatable bonds is 14. The van der Waals surface area contributed by atoms with E-state index in [4.69, 9.17) is 9.57 Å². The van der Waals surface area contributed by atoms with Crippen molar-refractivity contribution in [2.45, 2.75) is 98.1 Å². The molecule has 3 saturated carbocycles. The predicted molar refractivity (Wildman–Crippen MR) is 181 cm³/mol. The Bertz CT molecular complexity index is 1270.